The zero-order valence-corrected chi connectivity index (χ0v) is 17.0. The molecule has 0 spiro atoms. The van der Waals surface area contributed by atoms with Gasteiger partial charge < -0.3 is 14.4 Å². The second-order valence-corrected chi connectivity index (χ2v) is 9.08. The minimum Gasteiger partial charge on any atom is -0.454 e. The highest BCUT2D eigenvalue weighted by Crippen LogP contribution is 2.35. The number of ether oxygens (including phenoxy) is 2. The van der Waals surface area contributed by atoms with Gasteiger partial charge in [-0.2, -0.15) is 0 Å². The molecule has 1 unspecified atom stereocenters. The average molecular weight is 421 g/mol. The van der Waals surface area contributed by atoms with Crippen LogP contribution in [-0.2, 0) is 10.0 Å². The van der Waals surface area contributed by atoms with Crippen molar-refractivity contribution in [3.8, 4) is 11.5 Å². The second kappa shape index (κ2) is 8.17. The largest absolute Gasteiger partial charge is 0.454 e. The van der Waals surface area contributed by atoms with Crippen molar-refractivity contribution >= 4 is 15.7 Å². The van der Waals surface area contributed by atoms with Crippen LogP contribution in [0.5, 0.6) is 11.5 Å². The van der Waals surface area contributed by atoms with Crippen LogP contribution in [0.15, 0.2) is 42.5 Å². The Morgan fingerprint density at radius 2 is 1.72 bits per heavy atom. The molecule has 4 rings (SSSR count). The van der Waals surface area contributed by atoms with E-state index in [1.807, 2.05) is 18.2 Å². The number of rotatable bonds is 6. The van der Waals surface area contributed by atoms with Crippen LogP contribution in [0, 0.1) is 5.82 Å². The molecule has 1 atom stereocenters. The fourth-order valence-electron chi connectivity index (χ4n) is 3.75. The number of hydrogen-bond donors (Lipinski definition) is 1. The van der Waals surface area contributed by atoms with E-state index in [0.29, 0.717) is 11.5 Å². The smallest absolute Gasteiger partial charge is 0.231 e. The molecule has 0 amide bonds. The molecule has 0 saturated carbocycles. The van der Waals surface area contributed by atoms with Gasteiger partial charge in [0.1, 0.15) is 5.82 Å². The number of piperazine rings is 1. The molecule has 2 aromatic carbocycles. The van der Waals surface area contributed by atoms with Crippen LogP contribution < -0.4 is 19.1 Å². The van der Waals surface area contributed by atoms with Crippen molar-refractivity contribution in [2.45, 2.75) is 6.04 Å². The Labute approximate surface area is 170 Å². The predicted molar refractivity (Wildman–Crippen MR) is 108 cm³/mol. The summed E-state index contributed by atoms with van der Waals surface area (Å²) in [6, 6.07) is 12.1. The van der Waals surface area contributed by atoms with E-state index in [-0.39, 0.29) is 25.2 Å². The fraction of sp³-hybridized carbons (Fsp3) is 0.400. The van der Waals surface area contributed by atoms with Gasteiger partial charge in [-0.05, 0) is 42.0 Å². The van der Waals surface area contributed by atoms with Gasteiger partial charge in [-0.25, -0.2) is 17.5 Å². The first-order chi connectivity index (χ1) is 13.9. The number of nitrogens with zero attached hydrogens (tertiary/aromatic N) is 2. The third kappa shape index (κ3) is 4.80. The Morgan fingerprint density at radius 1 is 1.03 bits per heavy atom. The van der Waals surface area contributed by atoms with Gasteiger partial charge >= 0.3 is 0 Å². The number of benzene rings is 2. The number of sulfonamides is 1. The van der Waals surface area contributed by atoms with Crippen LogP contribution in [0.2, 0.25) is 0 Å². The van der Waals surface area contributed by atoms with Crippen molar-refractivity contribution in [2.24, 2.45) is 0 Å². The quantitative estimate of drug-likeness (QED) is 0.769. The normalized spacial score (nSPS) is 18.1. The number of hydrogen-bond acceptors (Lipinski definition) is 6. The SMILES string of the molecule is CS(=O)(=O)NCC(c1ccc2c(c1)OCO2)N1CCN(c2ccc(F)cc2)CC1. The van der Waals surface area contributed by atoms with Crippen molar-refractivity contribution in [1.29, 1.82) is 0 Å². The zero-order valence-electron chi connectivity index (χ0n) is 16.2. The van der Waals surface area contributed by atoms with Crippen LogP contribution in [0.4, 0.5) is 10.1 Å². The van der Waals surface area contributed by atoms with Crippen molar-refractivity contribution < 1.29 is 22.3 Å². The molecule has 1 N–H and O–H groups in total. The second-order valence-electron chi connectivity index (χ2n) is 7.25. The first-order valence-corrected chi connectivity index (χ1v) is 11.4. The Hall–Kier alpha value is -2.36. The van der Waals surface area contributed by atoms with Gasteiger partial charge in [-0.3, -0.25) is 4.90 Å². The summed E-state index contributed by atoms with van der Waals surface area (Å²) in [6.07, 6.45) is 1.16. The highest BCUT2D eigenvalue weighted by Gasteiger charge is 2.27. The topological polar surface area (TPSA) is 71.1 Å². The molecule has 0 aromatic heterocycles. The molecular formula is C20H24FN3O4S. The Bertz CT molecular complexity index is 960. The Morgan fingerprint density at radius 3 is 2.41 bits per heavy atom. The van der Waals surface area contributed by atoms with Crippen LogP contribution >= 0.6 is 0 Å². The summed E-state index contributed by atoms with van der Waals surface area (Å²) in [5.74, 6) is 1.13. The van der Waals surface area contributed by atoms with E-state index in [1.165, 1.54) is 12.1 Å². The average Bonchev–Trinajstić information content (AvgIpc) is 3.16. The van der Waals surface area contributed by atoms with E-state index in [4.69, 9.17) is 9.47 Å². The molecule has 2 aromatic rings. The number of anilines is 1. The van der Waals surface area contributed by atoms with Gasteiger partial charge in [-0.15, -0.1) is 0 Å². The summed E-state index contributed by atoms with van der Waals surface area (Å²) in [6.45, 7) is 3.51. The van der Waals surface area contributed by atoms with Crippen LogP contribution in [0.25, 0.3) is 0 Å². The Kier molecular flexibility index (Phi) is 5.62. The molecule has 1 fully saturated rings. The van der Waals surface area contributed by atoms with Gasteiger partial charge in [0.05, 0.1) is 6.26 Å². The van der Waals surface area contributed by atoms with Gasteiger partial charge in [0.2, 0.25) is 16.8 Å². The Balaban J connectivity index is 1.50. The first kappa shape index (κ1) is 19.9. The lowest BCUT2D eigenvalue weighted by atomic mass is 10.0. The van der Waals surface area contributed by atoms with Gasteiger partial charge in [0.25, 0.3) is 0 Å². The third-order valence-corrected chi connectivity index (χ3v) is 5.96. The zero-order chi connectivity index (χ0) is 20.4. The first-order valence-electron chi connectivity index (χ1n) is 9.48. The maximum atomic E-state index is 13.2. The maximum absolute atomic E-state index is 13.2. The lowest BCUT2D eigenvalue weighted by Gasteiger charge is -2.40. The molecule has 156 valence electrons. The predicted octanol–water partition coefficient (Wildman–Crippen LogP) is 1.97. The van der Waals surface area contributed by atoms with Crippen LogP contribution in [0.3, 0.4) is 0 Å². The molecule has 29 heavy (non-hydrogen) atoms. The van der Waals surface area contributed by atoms with E-state index < -0.39 is 10.0 Å². The summed E-state index contributed by atoms with van der Waals surface area (Å²) >= 11 is 0. The molecule has 2 heterocycles. The number of nitrogens with one attached hydrogen (secondary N) is 1. The van der Waals surface area contributed by atoms with E-state index >= 15 is 0 Å². The summed E-state index contributed by atoms with van der Waals surface area (Å²) < 4.78 is 50.1. The van der Waals surface area contributed by atoms with Crippen LogP contribution in [0.1, 0.15) is 11.6 Å². The van der Waals surface area contributed by atoms with Gasteiger partial charge in [0.15, 0.2) is 11.5 Å². The molecule has 2 aliphatic heterocycles. The summed E-state index contributed by atoms with van der Waals surface area (Å²) in [7, 11) is -3.31. The molecule has 2 aliphatic rings. The minimum atomic E-state index is -3.31. The molecule has 1 saturated heterocycles. The highest BCUT2D eigenvalue weighted by molar-refractivity contribution is 7.88. The van der Waals surface area contributed by atoms with E-state index in [9.17, 15) is 12.8 Å². The van der Waals surface area contributed by atoms with E-state index in [1.54, 1.807) is 12.1 Å². The molecule has 9 heteroatoms. The van der Waals surface area contributed by atoms with Crippen molar-refractivity contribution in [1.82, 2.24) is 9.62 Å². The lowest BCUT2D eigenvalue weighted by molar-refractivity contribution is 0.173. The monoisotopic (exact) mass is 421 g/mol. The maximum Gasteiger partial charge on any atom is 0.231 e. The van der Waals surface area contributed by atoms with Crippen molar-refractivity contribution in [3.05, 3.63) is 53.8 Å². The van der Waals surface area contributed by atoms with Gasteiger partial charge in [-0.1, -0.05) is 6.07 Å². The highest BCUT2D eigenvalue weighted by atomic mass is 32.2. The molecular weight excluding hydrogens is 397 g/mol. The van der Waals surface area contributed by atoms with Crippen molar-refractivity contribution in [2.75, 3.05) is 50.7 Å². The minimum absolute atomic E-state index is 0.130. The van der Waals surface area contributed by atoms with E-state index in [0.717, 1.165) is 43.7 Å². The molecule has 0 bridgehead atoms. The van der Waals surface area contributed by atoms with Crippen molar-refractivity contribution in [3.63, 3.8) is 0 Å². The molecule has 7 nitrogen and oxygen atoms in total. The number of fused-ring (bicyclic) bond motifs is 1. The molecule has 0 radical (unpaired) electrons. The summed E-state index contributed by atoms with van der Waals surface area (Å²) in [5.41, 5.74) is 1.96. The van der Waals surface area contributed by atoms with Gasteiger partial charge in [0, 0.05) is 44.5 Å². The third-order valence-electron chi connectivity index (χ3n) is 5.27. The standard InChI is InChI=1S/C20H24FN3O4S/c1-29(25,26)22-13-18(15-2-7-19-20(12-15)28-14-27-19)24-10-8-23(9-11-24)17-5-3-16(21)4-6-17/h2-7,12,18,22H,8-11,13-14H2,1H3. The molecule has 0 aliphatic carbocycles. The van der Waals surface area contributed by atoms with Crippen LogP contribution in [-0.4, -0.2) is 59.1 Å². The fourth-order valence-corrected chi connectivity index (χ4v) is 4.21. The number of halogens is 1. The summed E-state index contributed by atoms with van der Waals surface area (Å²) in [5, 5.41) is 0. The lowest BCUT2D eigenvalue weighted by Crippen LogP contribution is -2.49. The summed E-state index contributed by atoms with van der Waals surface area (Å²) in [4.78, 5) is 4.46. The van der Waals surface area contributed by atoms with E-state index in [2.05, 4.69) is 14.5 Å².